The molecule has 34 heavy (non-hydrogen) atoms. The molecular weight excluding hydrogens is 454 g/mol. The van der Waals surface area contributed by atoms with Crippen LogP contribution in [0.3, 0.4) is 0 Å². The maximum Gasteiger partial charge on any atom is 0.329 e. The van der Waals surface area contributed by atoms with E-state index in [2.05, 4.69) is 26.1 Å². The Bertz CT molecular complexity index is 1360. The molecule has 0 aliphatic heterocycles. The summed E-state index contributed by atoms with van der Waals surface area (Å²) in [5, 5.41) is 11.2. The van der Waals surface area contributed by atoms with Gasteiger partial charge in [0.05, 0.1) is 18.8 Å². The number of carbonyl (C=O) groups is 2. The fraction of sp³-hybridized carbons (Fsp3) is 0.0400. The molecule has 0 saturated heterocycles. The van der Waals surface area contributed by atoms with Crippen LogP contribution in [0.2, 0.25) is 5.02 Å². The summed E-state index contributed by atoms with van der Waals surface area (Å²) < 4.78 is 5.08. The molecule has 2 amide bonds. The lowest BCUT2D eigenvalue weighted by molar-refractivity contribution is -0.136. The Kier molecular flexibility index (Phi) is 7.00. The number of fused-ring (bicyclic) bond motifs is 1. The van der Waals surface area contributed by atoms with Crippen molar-refractivity contribution in [2.45, 2.75) is 0 Å². The number of carbonyl (C=O) groups excluding carboxylic acids is 2. The minimum atomic E-state index is -0.881. The molecule has 170 valence electrons. The monoisotopic (exact) mass is 473 g/mol. The molecule has 3 aromatic carbocycles. The molecule has 0 saturated carbocycles. The first-order valence-corrected chi connectivity index (χ1v) is 10.6. The van der Waals surface area contributed by atoms with Gasteiger partial charge in [-0.1, -0.05) is 11.6 Å². The van der Waals surface area contributed by atoms with Crippen molar-refractivity contribution in [3.8, 4) is 5.75 Å². The van der Waals surface area contributed by atoms with E-state index >= 15 is 0 Å². The van der Waals surface area contributed by atoms with Crippen LogP contribution in [0, 0.1) is 0 Å². The Balaban J connectivity index is 1.33. The van der Waals surface area contributed by atoms with E-state index in [1.807, 2.05) is 18.2 Å². The number of benzene rings is 3. The average Bonchev–Trinajstić information content (AvgIpc) is 2.85. The fourth-order valence-electron chi connectivity index (χ4n) is 3.12. The van der Waals surface area contributed by atoms with Gasteiger partial charge >= 0.3 is 11.8 Å². The molecule has 4 aromatic rings. The van der Waals surface area contributed by atoms with Crippen molar-refractivity contribution >= 4 is 57.6 Å². The van der Waals surface area contributed by atoms with Crippen LogP contribution in [-0.4, -0.2) is 30.1 Å². The number of halogens is 1. The SMILES string of the molecule is COc1ccc(/C=N/NC(=O)C(=O)Nc2ccc(Nc3ccnc4cc(Cl)ccc34)cc2)cc1. The highest BCUT2D eigenvalue weighted by atomic mass is 35.5. The predicted octanol–water partition coefficient (Wildman–Crippen LogP) is 4.73. The zero-order valence-electron chi connectivity index (χ0n) is 18.1. The summed E-state index contributed by atoms with van der Waals surface area (Å²) >= 11 is 6.04. The van der Waals surface area contributed by atoms with E-state index in [-0.39, 0.29) is 0 Å². The smallest absolute Gasteiger partial charge is 0.329 e. The van der Waals surface area contributed by atoms with E-state index in [1.54, 1.807) is 67.9 Å². The lowest BCUT2D eigenvalue weighted by Gasteiger charge is -2.11. The van der Waals surface area contributed by atoms with Crippen LogP contribution in [0.4, 0.5) is 17.1 Å². The second-order valence-corrected chi connectivity index (χ2v) is 7.59. The van der Waals surface area contributed by atoms with Gasteiger partial charge in [0, 0.05) is 33.7 Å². The van der Waals surface area contributed by atoms with E-state index in [0.717, 1.165) is 27.8 Å². The molecule has 1 aromatic heterocycles. The second-order valence-electron chi connectivity index (χ2n) is 7.15. The Morgan fingerprint density at radius 3 is 2.41 bits per heavy atom. The van der Waals surface area contributed by atoms with Crippen LogP contribution in [-0.2, 0) is 9.59 Å². The average molecular weight is 474 g/mol. The number of hydrazone groups is 1. The van der Waals surface area contributed by atoms with Gasteiger partial charge in [-0.25, -0.2) is 5.43 Å². The Hall–Kier alpha value is -4.43. The predicted molar refractivity (Wildman–Crippen MR) is 134 cm³/mol. The van der Waals surface area contributed by atoms with Crippen molar-refractivity contribution in [3.63, 3.8) is 0 Å². The van der Waals surface area contributed by atoms with E-state index in [1.165, 1.54) is 6.21 Å². The van der Waals surface area contributed by atoms with Crippen molar-refractivity contribution in [1.29, 1.82) is 0 Å². The van der Waals surface area contributed by atoms with Crippen LogP contribution in [0.1, 0.15) is 5.56 Å². The maximum absolute atomic E-state index is 12.1. The number of nitrogens with zero attached hydrogens (tertiary/aromatic N) is 2. The largest absolute Gasteiger partial charge is 0.497 e. The van der Waals surface area contributed by atoms with E-state index in [0.29, 0.717) is 16.5 Å². The minimum Gasteiger partial charge on any atom is -0.497 e. The molecule has 1 heterocycles. The van der Waals surface area contributed by atoms with Gasteiger partial charge in [0.25, 0.3) is 0 Å². The molecule has 0 bridgehead atoms. The van der Waals surface area contributed by atoms with E-state index < -0.39 is 11.8 Å². The summed E-state index contributed by atoms with van der Waals surface area (Å²) in [6.45, 7) is 0. The highest BCUT2D eigenvalue weighted by Crippen LogP contribution is 2.27. The number of nitrogens with one attached hydrogen (secondary N) is 3. The Morgan fingerprint density at radius 2 is 1.68 bits per heavy atom. The van der Waals surface area contributed by atoms with Crippen LogP contribution >= 0.6 is 11.6 Å². The molecule has 8 nitrogen and oxygen atoms in total. The normalized spacial score (nSPS) is 10.8. The third-order valence-electron chi connectivity index (χ3n) is 4.83. The highest BCUT2D eigenvalue weighted by Gasteiger charge is 2.13. The van der Waals surface area contributed by atoms with Gasteiger partial charge in [-0.15, -0.1) is 0 Å². The number of pyridine rings is 1. The van der Waals surface area contributed by atoms with Crippen LogP contribution < -0.4 is 20.8 Å². The molecule has 0 aliphatic rings. The highest BCUT2D eigenvalue weighted by molar-refractivity contribution is 6.39. The molecule has 0 radical (unpaired) electrons. The zero-order chi connectivity index (χ0) is 23.9. The molecule has 0 atom stereocenters. The van der Waals surface area contributed by atoms with E-state index in [4.69, 9.17) is 16.3 Å². The summed E-state index contributed by atoms with van der Waals surface area (Å²) in [7, 11) is 1.57. The summed E-state index contributed by atoms with van der Waals surface area (Å²) in [5.74, 6) is -1.00. The number of ether oxygens (including phenoxy) is 1. The molecular formula is C25H20ClN5O3. The fourth-order valence-corrected chi connectivity index (χ4v) is 3.28. The van der Waals surface area contributed by atoms with E-state index in [9.17, 15) is 9.59 Å². The van der Waals surface area contributed by atoms with Gasteiger partial charge in [-0.3, -0.25) is 14.6 Å². The summed E-state index contributed by atoms with van der Waals surface area (Å²) in [5.41, 5.74) is 5.87. The number of aromatic nitrogens is 1. The lowest BCUT2D eigenvalue weighted by Crippen LogP contribution is -2.32. The van der Waals surface area contributed by atoms with Crippen LogP contribution in [0.25, 0.3) is 10.9 Å². The van der Waals surface area contributed by atoms with Crippen LogP contribution in [0.15, 0.2) is 84.1 Å². The van der Waals surface area contributed by atoms with Crippen molar-refractivity contribution in [3.05, 3.63) is 89.6 Å². The number of amides is 2. The lowest BCUT2D eigenvalue weighted by atomic mass is 10.2. The number of hydrogen-bond acceptors (Lipinski definition) is 6. The zero-order valence-corrected chi connectivity index (χ0v) is 18.8. The van der Waals surface area contributed by atoms with Crippen molar-refractivity contribution in [2.75, 3.05) is 17.7 Å². The minimum absolute atomic E-state index is 0.469. The molecule has 3 N–H and O–H groups in total. The number of anilines is 3. The molecule has 0 unspecified atom stereocenters. The molecule has 4 rings (SSSR count). The van der Waals surface area contributed by atoms with Gasteiger partial charge in [-0.2, -0.15) is 5.10 Å². The molecule has 0 fully saturated rings. The number of rotatable bonds is 6. The van der Waals surface area contributed by atoms with Crippen LogP contribution in [0.5, 0.6) is 5.75 Å². The molecule has 0 spiro atoms. The second kappa shape index (κ2) is 10.5. The number of hydrogen-bond donors (Lipinski definition) is 3. The Morgan fingerprint density at radius 1 is 0.941 bits per heavy atom. The molecule has 0 aliphatic carbocycles. The first-order valence-electron chi connectivity index (χ1n) is 10.2. The van der Waals surface area contributed by atoms with Gasteiger partial charge in [0.15, 0.2) is 0 Å². The standard InChI is InChI=1S/C25H20ClN5O3/c1-34-20-9-2-16(3-10-20)15-28-31-25(33)24(32)30-19-7-5-18(6-8-19)29-22-12-13-27-23-14-17(26)4-11-21(22)23/h2-15H,1H3,(H,27,29)(H,30,32)(H,31,33)/b28-15+. The van der Waals surface area contributed by atoms with Gasteiger partial charge < -0.3 is 15.4 Å². The topological polar surface area (TPSA) is 105 Å². The maximum atomic E-state index is 12.1. The Labute approximate surface area is 200 Å². The van der Waals surface area contributed by atoms with Gasteiger partial charge in [0.1, 0.15) is 5.75 Å². The third kappa shape index (κ3) is 5.67. The summed E-state index contributed by atoms with van der Waals surface area (Å²) in [6.07, 6.45) is 3.13. The van der Waals surface area contributed by atoms with Gasteiger partial charge in [0.2, 0.25) is 0 Å². The van der Waals surface area contributed by atoms with Crippen molar-refractivity contribution < 1.29 is 14.3 Å². The van der Waals surface area contributed by atoms with Crippen molar-refractivity contribution in [1.82, 2.24) is 10.4 Å². The van der Waals surface area contributed by atoms with Gasteiger partial charge in [-0.05, 0) is 78.4 Å². The third-order valence-corrected chi connectivity index (χ3v) is 5.06. The number of methoxy groups -OCH3 is 1. The summed E-state index contributed by atoms with van der Waals surface area (Å²) in [4.78, 5) is 28.5. The first-order chi connectivity index (χ1) is 16.5. The first kappa shape index (κ1) is 22.8. The quantitative estimate of drug-likeness (QED) is 0.213. The van der Waals surface area contributed by atoms with Crippen molar-refractivity contribution in [2.24, 2.45) is 5.10 Å². The summed E-state index contributed by atoms with van der Waals surface area (Å²) in [6, 6.07) is 21.4. The molecule has 9 heteroatoms.